The number of thiocarbonyl (C=S) groups is 1. The molecule has 0 heterocycles. The molecular formula is C13H18N2OS2. The fraction of sp³-hybridized carbons (Fsp3) is 0.385. The van der Waals surface area contributed by atoms with Crippen LogP contribution in [0.15, 0.2) is 29.2 Å². The van der Waals surface area contributed by atoms with Crippen molar-refractivity contribution in [1.29, 1.82) is 0 Å². The summed E-state index contributed by atoms with van der Waals surface area (Å²) >= 11 is 6.51. The molecule has 1 rings (SSSR count). The second-order valence-corrected chi connectivity index (χ2v) is 5.38. The van der Waals surface area contributed by atoms with Gasteiger partial charge in [0.1, 0.15) is 0 Å². The summed E-state index contributed by atoms with van der Waals surface area (Å²) in [7, 11) is 0. The molecular weight excluding hydrogens is 264 g/mol. The molecule has 0 bridgehead atoms. The van der Waals surface area contributed by atoms with E-state index in [-0.39, 0.29) is 11.9 Å². The van der Waals surface area contributed by atoms with Gasteiger partial charge in [-0.1, -0.05) is 19.1 Å². The third-order valence-corrected chi connectivity index (χ3v) is 3.54. The normalized spacial score (nSPS) is 11.9. The molecule has 3 nitrogen and oxygen atoms in total. The minimum absolute atomic E-state index is 0.00947. The van der Waals surface area contributed by atoms with Crippen LogP contribution in [-0.2, 0) is 0 Å². The number of amides is 1. The molecule has 1 atom stereocenters. The molecule has 0 saturated heterocycles. The Labute approximate surface area is 118 Å². The van der Waals surface area contributed by atoms with Crippen molar-refractivity contribution in [2.45, 2.75) is 30.7 Å². The molecule has 0 fully saturated rings. The maximum absolute atomic E-state index is 12.0. The monoisotopic (exact) mass is 282 g/mol. The highest BCUT2D eigenvalue weighted by Crippen LogP contribution is 2.15. The van der Waals surface area contributed by atoms with E-state index in [9.17, 15) is 4.79 Å². The third-order valence-electron chi connectivity index (χ3n) is 2.63. The van der Waals surface area contributed by atoms with Gasteiger partial charge in [0, 0.05) is 22.9 Å². The smallest absolute Gasteiger partial charge is 0.251 e. The van der Waals surface area contributed by atoms with Crippen molar-refractivity contribution in [2.75, 3.05) is 6.26 Å². The van der Waals surface area contributed by atoms with Crippen LogP contribution in [0, 0.1) is 0 Å². The van der Waals surface area contributed by atoms with Crippen molar-refractivity contribution >= 4 is 34.9 Å². The van der Waals surface area contributed by atoms with Crippen LogP contribution in [0.3, 0.4) is 0 Å². The van der Waals surface area contributed by atoms with E-state index in [1.807, 2.05) is 37.4 Å². The number of rotatable bonds is 6. The second kappa shape index (κ2) is 7.38. The molecule has 0 radical (unpaired) electrons. The largest absolute Gasteiger partial charge is 0.393 e. The van der Waals surface area contributed by atoms with Crippen LogP contribution in [0.2, 0.25) is 0 Å². The Kier molecular flexibility index (Phi) is 6.15. The molecule has 1 unspecified atom stereocenters. The van der Waals surface area contributed by atoms with E-state index in [0.29, 0.717) is 17.0 Å². The average Bonchev–Trinajstić information content (AvgIpc) is 2.37. The lowest BCUT2D eigenvalue weighted by molar-refractivity contribution is 0.0937. The highest BCUT2D eigenvalue weighted by atomic mass is 32.2. The molecule has 18 heavy (non-hydrogen) atoms. The van der Waals surface area contributed by atoms with Crippen molar-refractivity contribution < 1.29 is 4.79 Å². The number of carbonyl (C=O) groups excluding carboxylic acids is 1. The molecule has 0 aliphatic rings. The molecule has 0 aliphatic carbocycles. The van der Waals surface area contributed by atoms with E-state index < -0.39 is 0 Å². The summed E-state index contributed by atoms with van der Waals surface area (Å²) in [6.07, 6.45) is 3.36. The first-order valence-electron chi connectivity index (χ1n) is 5.80. The van der Waals surface area contributed by atoms with Crippen molar-refractivity contribution in [2.24, 2.45) is 5.73 Å². The maximum Gasteiger partial charge on any atom is 0.251 e. The predicted molar refractivity (Wildman–Crippen MR) is 81.2 cm³/mol. The fourth-order valence-corrected chi connectivity index (χ4v) is 2.16. The Hall–Kier alpha value is -1.07. The molecule has 0 spiro atoms. The zero-order chi connectivity index (χ0) is 13.5. The number of thioether (sulfide) groups is 1. The van der Waals surface area contributed by atoms with Crippen LogP contribution in [0.5, 0.6) is 0 Å². The lowest BCUT2D eigenvalue weighted by Crippen LogP contribution is -2.37. The number of hydrogen-bond donors (Lipinski definition) is 2. The summed E-state index contributed by atoms with van der Waals surface area (Å²) in [5.74, 6) is -0.0780. The number of nitrogens with one attached hydrogen (secondary N) is 1. The molecule has 3 N–H and O–H groups in total. The topological polar surface area (TPSA) is 55.1 Å². The lowest BCUT2D eigenvalue weighted by atomic mass is 10.1. The zero-order valence-corrected chi connectivity index (χ0v) is 12.2. The molecule has 98 valence electrons. The standard InChI is InChI=1S/C13H18N2OS2/c1-3-10(8-12(14)17)15-13(16)9-4-6-11(18-2)7-5-9/h4-7,10H,3,8H2,1-2H3,(H2,14,17)(H,15,16). The Morgan fingerprint density at radius 1 is 1.44 bits per heavy atom. The van der Waals surface area contributed by atoms with Gasteiger partial charge in [-0.25, -0.2) is 0 Å². The maximum atomic E-state index is 12.0. The summed E-state index contributed by atoms with van der Waals surface area (Å²) in [5.41, 5.74) is 6.16. The van der Waals surface area contributed by atoms with Crippen LogP contribution in [0.4, 0.5) is 0 Å². The Bertz CT molecular complexity index is 418. The van der Waals surface area contributed by atoms with Gasteiger partial charge >= 0.3 is 0 Å². The number of nitrogens with two attached hydrogens (primary N) is 1. The van der Waals surface area contributed by atoms with Crippen LogP contribution in [-0.4, -0.2) is 23.2 Å². The second-order valence-electron chi connectivity index (χ2n) is 3.98. The van der Waals surface area contributed by atoms with E-state index in [0.717, 1.165) is 11.3 Å². The van der Waals surface area contributed by atoms with Gasteiger partial charge in [0.05, 0.1) is 4.99 Å². The van der Waals surface area contributed by atoms with Gasteiger partial charge in [-0.2, -0.15) is 0 Å². The molecule has 0 aliphatic heterocycles. The van der Waals surface area contributed by atoms with Crippen LogP contribution in [0.1, 0.15) is 30.1 Å². The van der Waals surface area contributed by atoms with Crippen molar-refractivity contribution in [1.82, 2.24) is 5.32 Å². The quantitative estimate of drug-likeness (QED) is 0.622. The number of carbonyl (C=O) groups is 1. The number of benzene rings is 1. The zero-order valence-electron chi connectivity index (χ0n) is 10.6. The lowest BCUT2D eigenvalue weighted by Gasteiger charge is -2.16. The van der Waals surface area contributed by atoms with Gasteiger partial charge in [0.2, 0.25) is 0 Å². The SMILES string of the molecule is CCC(CC(N)=S)NC(=O)c1ccc(SC)cc1. The first-order valence-corrected chi connectivity index (χ1v) is 7.43. The van der Waals surface area contributed by atoms with E-state index in [1.54, 1.807) is 11.8 Å². The van der Waals surface area contributed by atoms with Gasteiger partial charge in [-0.05, 0) is 36.9 Å². The highest BCUT2D eigenvalue weighted by molar-refractivity contribution is 7.98. The minimum atomic E-state index is -0.0780. The first-order chi connectivity index (χ1) is 8.56. The summed E-state index contributed by atoms with van der Waals surface area (Å²) in [5, 5.41) is 2.94. The van der Waals surface area contributed by atoms with Crippen molar-refractivity contribution in [3.8, 4) is 0 Å². The van der Waals surface area contributed by atoms with Crippen LogP contribution < -0.4 is 11.1 Å². The first kappa shape index (κ1) is 15.0. The van der Waals surface area contributed by atoms with Crippen LogP contribution in [0.25, 0.3) is 0 Å². The van der Waals surface area contributed by atoms with E-state index in [4.69, 9.17) is 18.0 Å². The highest BCUT2D eigenvalue weighted by Gasteiger charge is 2.12. The van der Waals surface area contributed by atoms with Gasteiger partial charge in [0.15, 0.2) is 0 Å². The molecule has 0 aromatic heterocycles. The van der Waals surface area contributed by atoms with Crippen molar-refractivity contribution in [3.05, 3.63) is 29.8 Å². The van der Waals surface area contributed by atoms with Crippen LogP contribution >= 0.6 is 24.0 Å². The molecule has 5 heteroatoms. The Balaban J connectivity index is 2.65. The minimum Gasteiger partial charge on any atom is -0.393 e. The molecule has 1 aromatic rings. The Morgan fingerprint density at radius 3 is 2.50 bits per heavy atom. The summed E-state index contributed by atoms with van der Waals surface area (Å²) < 4.78 is 0. The van der Waals surface area contributed by atoms with E-state index >= 15 is 0 Å². The molecule has 0 saturated carbocycles. The van der Waals surface area contributed by atoms with Crippen molar-refractivity contribution in [3.63, 3.8) is 0 Å². The van der Waals surface area contributed by atoms with Gasteiger partial charge in [-0.3, -0.25) is 4.79 Å². The van der Waals surface area contributed by atoms with Gasteiger partial charge in [-0.15, -0.1) is 11.8 Å². The average molecular weight is 282 g/mol. The van der Waals surface area contributed by atoms with Gasteiger partial charge in [0.25, 0.3) is 5.91 Å². The number of hydrogen-bond acceptors (Lipinski definition) is 3. The summed E-state index contributed by atoms with van der Waals surface area (Å²) in [4.78, 5) is 13.6. The van der Waals surface area contributed by atoms with Gasteiger partial charge < -0.3 is 11.1 Å². The Morgan fingerprint density at radius 2 is 2.06 bits per heavy atom. The summed E-state index contributed by atoms with van der Waals surface area (Å²) in [6, 6.07) is 7.54. The molecule has 1 amide bonds. The predicted octanol–water partition coefficient (Wildman–Crippen LogP) is 2.59. The third kappa shape index (κ3) is 4.66. The van der Waals surface area contributed by atoms with E-state index in [2.05, 4.69) is 5.32 Å². The van der Waals surface area contributed by atoms with E-state index in [1.165, 1.54) is 0 Å². The fourth-order valence-electron chi connectivity index (χ4n) is 1.55. The molecule has 1 aromatic carbocycles. The summed E-state index contributed by atoms with van der Waals surface area (Å²) in [6.45, 7) is 2.00.